The molecule has 1 aliphatic heterocycles. The van der Waals surface area contributed by atoms with E-state index in [4.69, 9.17) is 25.8 Å². The largest absolute Gasteiger partial charge is 0.466 e. The second-order valence-electron chi connectivity index (χ2n) is 5.41. The maximum Gasteiger partial charge on any atom is 0.188 e. The van der Waals surface area contributed by atoms with Crippen LogP contribution in [-0.4, -0.2) is 36.2 Å². The molecule has 1 aliphatic rings. The normalized spacial score (nSPS) is 17.7. The van der Waals surface area contributed by atoms with Gasteiger partial charge in [0.15, 0.2) is 6.79 Å². The number of methoxy groups -OCH3 is 1. The van der Waals surface area contributed by atoms with Gasteiger partial charge in [-0.1, -0.05) is 11.6 Å². The van der Waals surface area contributed by atoms with Crippen LogP contribution in [0.25, 0.3) is 11.4 Å². The van der Waals surface area contributed by atoms with Gasteiger partial charge in [0.25, 0.3) is 0 Å². The quantitative estimate of drug-likeness (QED) is 0.729. The molecule has 7 heteroatoms. The molecular formula is C16H18BrClN2O3. The van der Waals surface area contributed by atoms with E-state index in [0.29, 0.717) is 17.4 Å². The molecule has 1 aromatic heterocycles. The monoisotopic (exact) mass is 400 g/mol. The molecule has 0 saturated carbocycles. The number of hydrogen-bond donors (Lipinski definition) is 0. The zero-order valence-electron chi connectivity index (χ0n) is 13.0. The topological polar surface area (TPSA) is 45.5 Å². The summed E-state index contributed by atoms with van der Waals surface area (Å²) in [6.45, 7) is 3.71. The Morgan fingerprint density at radius 2 is 2.30 bits per heavy atom. The molecule has 0 saturated heterocycles. The van der Waals surface area contributed by atoms with Gasteiger partial charge in [-0.15, -0.1) is 0 Å². The first kappa shape index (κ1) is 16.8. The number of ether oxygens (including phenoxy) is 3. The Balaban J connectivity index is 1.97. The minimum absolute atomic E-state index is 0.149. The van der Waals surface area contributed by atoms with Crippen molar-refractivity contribution < 1.29 is 14.2 Å². The SMILES string of the molecule is COCOc1ccc(-c2nc(Br)c3n2C[C@@H](C)OCC3)cc1Cl. The molecule has 23 heavy (non-hydrogen) atoms. The van der Waals surface area contributed by atoms with Crippen LogP contribution in [0, 0.1) is 0 Å². The Hall–Kier alpha value is -1.08. The molecule has 0 unspecified atom stereocenters. The summed E-state index contributed by atoms with van der Waals surface area (Å²) in [7, 11) is 1.57. The van der Waals surface area contributed by atoms with Crippen molar-refractivity contribution >= 4 is 27.5 Å². The number of hydrogen-bond acceptors (Lipinski definition) is 4. The Kier molecular flexibility index (Phi) is 5.26. The van der Waals surface area contributed by atoms with Gasteiger partial charge in [0, 0.05) is 19.1 Å². The van der Waals surface area contributed by atoms with Crippen molar-refractivity contribution in [3.05, 3.63) is 33.5 Å². The van der Waals surface area contributed by atoms with Crippen molar-refractivity contribution in [2.45, 2.75) is 26.0 Å². The van der Waals surface area contributed by atoms with E-state index < -0.39 is 0 Å². The summed E-state index contributed by atoms with van der Waals surface area (Å²) in [6, 6.07) is 5.66. The molecule has 1 atom stereocenters. The Morgan fingerprint density at radius 1 is 1.48 bits per heavy atom. The predicted octanol–water partition coefficient (Wildman–Crippen LogP) is 3.91. The zero-order valence-corrected chi connectivity index (χ0v) is 15.4. The van der Waals surface area contributed by atoms with Crippen LogP contribution in [0.3, 0.4) is 0 Å². The van der Waals surface area contributed by atoms with Crippen molar-refractivity contribution in [1.29, 1.82) is 0 Å². The third-order valence-electron chi connectivity index (χ3n) is 3.73. The zero-order chi connectivity index (χ0) is 16.4. The van der Waals surface area contributed by atoms with Gasteiger partial charge in [-0.05, 0) is 41.1 Å². The van der Waals surface area contributed by atoms with E-state index in [2.05, 4.69) is 32.4 Å². The second-order valence-corrected chi connectivity index (χ2v) is 6.57. The van der Waals surface area contributed by atoms with Gasteiger partial charge >= 0.3 is 0 Å². The standard InChI is InChI=1S/C16H18BrClN2O3/c1-10-8-20-13(5-6-22-10)15(17)19-16(20)11-3-4-14(12(18)7-11)23-9-21-2/h3-4,7,10H,5-6,8-9H2,1-2H3/t10-/m1/s1. The summed E-state index contributed by atoms with van der Waals surface area (Å²) in [4.78, 5) is 4.67. The van der Waals surface area contributed by atoms with Gasteiger partial charge in [0.1, 0.15) is 16.2 Å². The lowest BCUT2D eigenvalue weighted by molar-refractivity contribution is 0.0512. The van der Waals surface area contributed by atoms with Crippen molar-refractivity contribution in [3.63, 3.8) is 0 Å². The number of imidazole rings is 1. The fourth-order valence-corrected chi connectivity index (χ4v) is 3.47. The maximum absolute atomic E-state index is 6.31. The van der Waals surface area contributed by atoms with Crippen LogP contribution in [0.2, 0.25) is 5.02 Å². The van der Waals surface area contributed by atoms with Crippen LogP contribution in [0.1, 0.15) is 12.6 Å². The highest BCUT2D eigenvalue weighted by Gasteiger charge is 2.22. The molecule has 0 aliphatic carbocycles. The van der Waals surface area contributed by atoms with Crippen LogP contribution >= 0.6 is 27.5 Å². The lowest BCUT2D eigenvalue weighted by atomic mass is 10.2. The van der Waals surface area contributed by atoms with Crippen molar-refractivity contribution in [2.24, 2.45) is 0 Å². The van der Waals surface area contributed by atoms with Crippen LogP contribution < -0.4 is 4.74 Å². The smallest absolute Gasteiger partial charge is 0.188 e. The fraction of sp³-hybridized carbons (Fsp3) is 0.438. The van der Waals surface area contributed by atoms with Crippen molar-refractivity contribution in [1.82, 2.24) is 9.55 Å². The molecular weight excluding hydrogens is 384 g/mol. The number of rotatable bonds is 4. The minimum atomic E-state index is 0.149. The van der Waals surface area contributed by atoms with Gasteiger partial charge < -0.3 is 18.8 Å². The molecule has 124 valence electrons. The predicted molar refractivity (Wildman–Crippen MR) is 92.0 cm³/mol. The van der Waals surface area contributed by atoms with Gasteiger partial charge in [0.05, 0.1) is 30.0 Å². The molecule has 0 bridgehead atoms. The molecule has 0 N–H and O–H groups in total. The first-order valence-electron chi connectivity index (χ1n) is 7.38. The van der Waals surface area contributed by atoms with E-state index in [1.54, 1.807) is 7.11 Å². The Labute approximate surface area is 148 Å². The van der Waals surface area contributed by atoms with E-state index in [9.17, 15) is 0 Å². The molecule has 0 fully saturated rings. The molecule has 2 heterocycles. The highest BCUT2D eigenvalue weighted by molar-refractivity contribution is 9.10. The summed E-state index contributed by atoms with van der Waals surface area (Å²) >= 11 is 9.87. The van der Waals surface area contributed by atoms with Crippen LogP contribution in [0.15, 0.2) is 22.8 Å². The molecule has 1 aromatic carbocycles. The third-order valence-corrected chi connectivity index (χ3v) is 4.66. The van der Waals surface area contributed by atoms with E-state index in [1.807, 2.05) is 18.2 Å². The number of nitrogens with zero attached hydrogens (tertiary/aromatic N) is 2. The Bertz CT molecular complexity index is 705. The summed E-state index contributed by atoms with van der Waals surface area (Å²) in [6.07, 6.45) is 0.983. The van der Waals surface area contributed by atoms with Gasteiger partial charge in [-0.3, -0.25) is 0 Å². The molecule has 0 amide bonds. The second kappa shape index (κ2) is 7.21. The average Bonchev–Trinajstić information content (AvgIpc) is 2.70. The molecule has 3 rings (SSSR count). The van der Waals surface area contributed by atoms with E-state index in [0.717, 1.165) is 34.7 Å². The number of fused-ring (bicyclic) bond motifs is 1. The first-order chi connectivity index (χ1) is 11.1. The van der Waals surface area contributed by atoms with E-state index >= 15 is 0 Å². The minimum Gasteiger partial charge on any atom is -0.466 e. The third kappa shape index (κ3) is 3.55. The highest BCUT2D eigenvalue weighted by atomic mass is 79.9. The Morgan fingerprint density at radius 3 is 3.04 bits per heavy atom. The van der Waals surface area contributed by atoms with Crippen LogP contribution in [-0.2, 0) is 22.4 Å². The van der Waals surface area contributed by atoms with Crippen LogP contribution in [0.4, 0.5) is 0 Å². The molecule has 5 nitrogen and oxygen atoms in total. The van der Waals surface area contributed by atoms with E-state index in [-0.39, 0.29) is 12.9 Å². The average molecular weight is 402 g/mol. The molecule has 0 radical (unpaired) electrons. The van der Waals surface area contributed by atoms with E-state index in [1.165, 1.54) is 0 Å². The van der Waals surface area contributed by atoms with Crippen molar-refractivity contribution in [2.75, 3.05) is 20.5 Å². The number of benzene rings is 1. The van der Waals surface area contributed by atoms with Crippen LogP contribution in [0.5, 0.6) is 5.75 Å². The number of aromatic nitrogens is 2. The number of halogens is 2. The van der Waals surface area contributed by atoms with Gasteiger partial charge in [-0.2, -0.15) is 0 Å². The molecule has 0 spiro atoms. The molecule has 2 aromatic rings. The maximum atomic E-state index is 6.31. The lowest BCUT2D eigenvalue weighted by Gasteiger charge is -2.13. The van der Waals surface area contributed by atoms with Crippen molar-refractivity contribution in [3.8, 4) is 17.1 Å². The summed E-state index contributed by atoms with van der Waals surface area (Å²) in [5.41, 5.74) is 2.10. The fourth-order valence-electron chi connectivity index (χ4n) is 2.66. The summed E-state index contributed by atoms with van der Waals surface area (Å²) in [5.74, 6) is 1.47. The van der Waals surface area contributed by atoms with Gasteiger partial charge in [-0.25, -0.2) is 4.98 Å². The van der Waals surface area contributed by atoms with Gasteiger partial charge in [0.2, 0.25) is 0 Å². The lowest BCUT2D eigenvalue weighted by Crippen LogP contribution is -2.15. The first-order valence-corrected chi connectivity index (χ1v) is 8.55. The highest BCUT2D eigenvalue weighted by Crippen LogP contribution is 2.33. The summed E-state index contributed by atoms with van der Waals surface area (Å²) < 4.78 is 19.1. The summed E-state index contributed by atoms with van der Waals surface area (Å²) in [5, 5.41) is 0.533.